The minimum absolute atomic E-state index is 0. The zero-order valence-electron chi connectivity index (χ0n) is 16.7. The maximum Gasteiger partial charge on any atom is 0.267 e. The van der Waals surface area contributed by atoms with E-state index in [0.29, 0.717) is 50.3 Å². The Balaban J connectivity index is 0.00000240. The molecule has 0 aliphatic carbocycles. The van der Waals surface area contributed by atoms with E-state index in [2.05, 4.69) is 17.1 Å². The number of carbonyl (C=O) groups is 2. The van der Waals surface area contributed by atoms with Crippen molar-refractivity contribution in [3.05, 3.63) is 24.3 Å². The van der Waals surface area contributed by atoms with Crippen LogP contribution >= 0.6 is 12.4 Å². The molecular formula is C20H29ClN4O4. The average molecular weight is 425 g/mol. The molecule has 4 rings (SSSR count). The van der Waals surface area contributed by atoms with Crippen molar-refractivity contribution in [2.75, 3.05) is 59.0 Å². The summed E-state index contributed by atoms with van der Waals surface area (Å²) >= 11 is 0. The van der Waals surface area contributed by atoms with Gasteiger partial charge in [-0.3, -0.25) is 14.5 Å². The van der Waals surface area contributed by atoms with Crippen molar-refractivity contribution < 1.29 is 19.1 Å². The minimum Gasteiger partial charge on any atom is -0.485 e. The summed E-state index contributed by atoms with van der Waals surface area (Å²) in [5.41, 5.74) is 0. The Morgan fingerprint density at radius 1 is 1.07 bits per heavy atom. The lowest BCUT2D eigenvalue weighted by atomic mass is 10.2. The number of amides is 2. The molecule has 2 saturated heterocycles. The van der Waals surface area contributed by atoms with E-state index in [4.69, 9.17) is 9.47 Å². The van der Waals surface area contributed by atoms with Gasteiger partial charge in [0, 0.05) is 51.9 Å². The van der Waals surface area contributed by atoms with E-state index in [1.807, 2.05) is 29.2 Å². The maximum atomic E-state index is 12.8. The Hall–Kier alpha value is -2.03. The molecule has 1 N–H and O–H groups in total. The van der Waals surface area contributed by atoms with E-state index in [1.54, 1.807) is 4.90 Å². The number of halogens is 1. The third-order valence-corrected chi connectivity index (χ3v) is 5.71. The quantitative estimate of drug-likeness (QED) is 0.748. The first-order valence-electron chi connectivity index (χ1n) is 10.0. The molecule has 160 valence electrons. The van der Waals surface area contributed by atoms with Crippen molar-refractivity contribution in [2.24, 2.45) is 0 Å². The van der Waals surface area contributed by atoms with Crippen molar-refractivity contribution in [2.45, 2.75) is 19.1 Å². The van der Waals surface area contributed by atoms with Crippen LogP contribution in [0.1, 0.15) is 6.92 Å². The van der Waals surface area contributed by atoms with Gasteiger partial charge in [-0.15, -0.1) is 12.4 Å². The molecule has 8 nitrogen and oxygen atoms in total. The van der Waals surface area contributed by atoms with E-state index in [9.17, 15) is 9.59 Å². The van der Waals surface area contributed by atoms with E-state index < -0.39 is 6.10 Å². The number of hydrogen-bond donors (Lipinski definition) is 1. The number of nitrogens with one attached hydrogen (secondary N) is 1. The van der Waals surface area contributed by atoms with Crippen molar-refractivity contribution in [1.29, 1.82) is 0 Å². The molecule has 0 radical (unpaired) electrons. The van der Waals surface area contributed by atoms with Crippen LogP contribution in [0.25, 0.3) is 0 Å². The maximum absolute atomic E-state index is 12.8. The van der Waals surface area contributed by atoms with Crippen molar-refractivity contribution in [1.82, 2.24) is 20.0 Å². The van der Waals surface area contributed by atoms with Gasteiger partial charge < -0.3 is 24.6 Å². The molecule has 3 aliphatic heterocycles. The van der Waals surface area contributed by atoms with Crippen LogP contribution in [-0.2, 0) is 9.59 Å². The van der Waals surface area contributed by atoms with Crippen LogP contribution in [0.15, 0.2) is 24.3 Å². The Morgan fingerprint density at radius 2 is 1.76 bits per heavy atom. The standard InChI is InChI=1S/C20H28N4O4.ClH/c1-15-12-21-6-7-24(15)13-19(25)22-8-10-23(11-9-22)20(26)18-14-27-16-4-2-3-5-17(16)28-18;/h2-5,15,18,21H,6-14H2,1H3;1H/t15-,18?;/m1./s1. The molecule has 0 bridgehead atoms. The van der Waals surface area contributed by atoms with Crippen LogP contribution < -0.4 is 14.8 Å². The molecule has 0 spiro atoms. The number of piperazine rings is 2. The van der Waals surface area contributed by atoms with Gasteiger partial charge in [-0.1, -0.05) is 12.1 Å². The second kappa shape index (κ2) is 9.65. The number of nitrogens with zero attached hydrogens (tertiary/aromatic N) is 3. The van der Waals surface area contributed by atoms with Gasteiger partial charge in [0.15, 0.2) is 11.5 Å². The molecule has 9 heteroatoms. The summed E-state index contributed by atoms with van der Waals surface area (Å²) in [6.07, 6.45) is -0.626. The predicted octanol–water partition coefficient (Wildman–Crippen LogP) is 0.213. The first kappa shape index (κ1) is 21.7. The van der Waals surface area contributed by atoms with Crippen molar-refractivity contribution in [3.63, 3.8) is 0 Å². The highest BCUT2D eigenvalue weighted by atomic mass is 35.5. The summed E-state index contributed by atoms with van der Waals surface area (Å²) in [5.74, 6) is 1.35. The SMILES string of the molecule is C[C@@H]1CNCCN1CC(=O)N1CCN(C(=O)C2COc3ccccc3O2)CC1.Cl. The second-order valence-corrected chi connectivity index (χ2v) is 7.59. The van der Waals surface area contributed by atoms with Gasteiger partial charge in [0.2, 0.25) is 12.0 Å². The average Bonchev–Trinajstić information content (AvgIpc) is 2.74. The highest BCUT2D eigenvalue weighted by molar-refractivity contribution is 5.85. The molecule has 2 atom stereocenters. The number of ether oxygens (including phenoxy) is 2. The van der Waals surface area contributed by atoms with Crippen molar-refractivity contribution in [3.8, 4) is 11.5 Å². The van der Waals surface area contributed by atoms with Crippen LogP contribution in [0.5, 0.6) is 11.5 Å². The Morgan fingerprint density at radius 3 is 2.48 bits per heavy atom. The number of carbonyl (C=O) groups excluding carboxylic acids is 2. The fraction of sp³-hybridized carbons (Fsp3) is 0.600. The lowest BCUT2D eigenvalue weighted by molar-refractivity contribution is -0.146. The van der Waals surface area contributed by atoms with Gasteiger partial charge >= 0.3 is 0 Å². The molecule has 0 saturated carbocycles. The summed E-state index contributed by atoms with van der Waals surface area (Å²) in [5, 5.41) is 3.34. The molecular weight excluding hydrogens is 396 g/mol. The van der Waals surface area contributed by atoms with Gasteiger partial charge in [0.25, 0.3) is 5.91 Å². The molecule has 2 amide bonds. The first-order chi connectivity index (χ1) is 13.6. The highest BCUT2D eigenvalue weighted by Crippen LogP contribution is 2.31. The monoisotopic (exact) mass is 424 g/mol. The van der Waals surface area contributed by atoms with Gasteiger partial charge in [0.05, 0.1) is 6.54 Å². The van der Waals surface area contributed by atoms with E-state index in [-0.39, 0.29) is 30.8 Å². The van der Waals surface area contributed by atoms with Crippen molar-refractivity contribution >= 4 is 24.2 Å². The Labute approximate surface area is 177 Å². The number of fused-ring (bicyclic) bond motifs is 1. The fourth-order valence-corrected chi connectivity index (χ4v) is 3.91. The molecule has 3 heterocycles. The summed E-state index contributed by atoms with van der Waals surface area (Å²) < 4.78 is 11.5. The van der Waals surface area contributed by atoms with E-state index in [1.165, 1.54) is 0 Å². The highest BCUT2D eigenvalue weighted by Gasteiger charge is 2.33. The zero-order valence-corrected chi connectivity index (χ0v) is 17.5. The van der Waals surface area contributed by atoms with Crippen LogP contribution in [0, 0.1) is 0 Å². The second-order valence-electron chi connectivity index (χ2n) is 7.59. The Bertz CT molecular complexity index is 726. The zero-order chi connectivity index (χ0) is 19.5. The van der Waals surface area contributed by atoms with Crippen LogP contribution in [-0.4, -0.2) is 97.6 Å². The first-order valence-corrected chi connectivity index (χ1v) is 10.0. The van der Waals surface area contributed by atoms with E-state index in [0.717, 1.165) is 19.6 Å². The summed E-state index contributed by atoms with van der Waals surface area (Å²) in [6, 6.07) is 7.75. The number of rotatable bonds is 3. The molecule has 0 aromatic heterocycles. The Kier molecular flexibility index (Phi) is 7.21. The number of hydrogen-bond acceptors (Lipinski definition) is 6. The van der Waals surface area contributed by atoms with Gasteiger partial charge in [-0.05, 0) is 19.1 Å². The molecule has 1 aromatic rings. The van der Waals surface area contributed by atoms with Crippen LogP contribution in [0.4, 0.5) is 0 Å². The normalized spacial score (nSPS) is 24.6. The lowest BCUT2D eigenvalue weighted by Gasteiger charge is -2.39. The molecule has 1 aromatic carbocycles. The minimum atomic E-state index is -0.626. The lowest BCUT2D eigenvalue weighted by Crippen LogP contribution is -2.57. The van der Waals surface area contributed by atoms with E-state index >= 15 is 0 Å². The summed E-state index contributed by atoms with van der Waals surface area (Å²) in [6.45, 7) is 7.74. The third kappa shape index (κ3) is 4.94. The largest absolute Gasteiger partial charge is 0.485 e. The predicted molar refractivity (Wildman–Crippen MR) is 111 cm³/mol. The molecule has 3 aliphatic rings. The van der Waals surface area contributed by atoms with Gasteiger partial charge in [0.1, 0.15) is 6.61 Å². The smallest absolute Gasteiger partial charge is 0.267 e. The van der Waals surface area contributed by atoms with Gasteiger partial charge in [-0.25, -0.2) is 0 Å². The number of benzene rings is 1. The number of para-hydroxylation sites is 2. The molecule has 29 heavy (non-hydrogen) atoms. The fourth-order valence-electron chi connectivity index (χ4n) is 3.91. The van der Waals surface area contributed by atoms with Gasteiger partial charge in [-0.2, -0.15) is 0 Å². The summed E-state index contributed by atoms with van der Waals surface area (Å²) in [4.78, 5) is 31.3. The molecule has 1 unspecified atom stereocenters. The molecule has 2 fully saturated rings. The van der Waals surface area contributed by atoms with Crippen LogP contribution in [0.2, 0.25) is 0 Å². The topological polar surface area (TPSA) is 74.4 Å². The van der Waals surface area contributed by atoms with Crippen LogP contribution in [0.3, 0.4) is 0 Å². The third-order valence-electron chi connectivity index (χ3n) is 5.71. The summed E-state index contributed by atoms with van der Waals surface area (Å²) in [7, 11) is 0.